The van der Waals surface area contributed by atoms with Crippen LogP contribution in [0.2, 0.25) is 0 Å². The van der Waals surface area contributed by atoms with Crippen LogP contribution in [0, 0.1) is 5.92 Å². The van der Waals surface area contributed by atoms with Crippen molar-refractivity contribution >= 4 is 22.7 Å². The van der Waals surface area contributed by atoms with E-state index in [1.807, 2.05) is 14.4 Å². The summed E-state index contributed by atoms with van der Waals surface area (Å²) in [6.07, 6.45) is 11.3. The maximum absolute atomic E-state index is 13.3. The minimum atomic E-state index is -0.0313. The molecule has 3 aliphatic rings. The number of piperidine rings is 1. The fraction of sp³-hybridized carbons (Fsp3) is 0.630. The van der Waals surface area contributed by atoms with Crippen molar-refractivity contribution in [1.29, 1.82) is 0 Å². The smallest absolute Gasteiger partial charge is 0.261 e. The molecule has 2 saturated heterocycles. The van der Waals surface area contributed by atoms with Crippen molar-refractivity contribution < 1.29 is 9.59 Å². The fourth-order valence-electron chi connectivity index (χ4n) is 5.79. The van der Waals surface area contributed by atoms with E-state index in [4.69, 9.17) is 4.98 Å². The number of aromatic nitrogens is 2. The zero-order chi connectivity index (χ0) is 23.5. The van der Waals surface area contributed by atoms with Crippen LogP contribution in [0.15, 0.2) is 23.0 Å². The normalized spacial score (nSPS) is 20.4. The van der Waals surface area contributed by atoms with Gasteiger partial charge in [0.25, 0.3) is 11.5 Å². The summed E-state index contributed by atoms with van der Waals surface area (Å²) in [6, 6.07) is 5.31. The number of amides is 2. The van der Waals surface area contributed by atoms with Crippen molar-refractivity contribution in [3.63, 3.8) is 0 Å². The maximum Gasteiger partial charge on any atom is 0.261 e. The summed E-state index contributed by atoms with van der Waals surface area (Å²) >= 11 is 0. The summed E-state index contributed by atoms with van der Waals surface area (Å²) < 4.78 is 1.83. The summed E-state index contributed by atoms with van der Waals surface area (Å²) in [5.74, 6) is 1.12. The molecule has 0 unspecified atom stereocenters. The number of carbonyl (C=O) groups is 2. The summed E-state index contributed by atoms with van der Waals surface area (Å²) in [5, 5.41) is 0.586. The molecule has 2 fully saturated rings. The van der Waals surface area contributed by atoms with Crippen LogP contribution in [0.5, 0.6) is 0 Å². The zero-order valence-electron chi connectivity index (χ0n) is 20.1. The molecular weight excluding hydrogens is 428 g/mol. The zero-order valence-corrected chi connectivity index (χ0v) is 20.1. The largest absolute Gasteiger partial charge is 0.342 e. The van der Waals surface area contributed by atoms with Gasteiger partial charge in [-0.3, -0.25) is 19.0 Å². The number of likely N-dealkylation sites (tertiary alicyclic amines) is 2. The Labute approximate surface area is 201 Å². The fourth-order valence-corrected chi connectivity index (χ4v) is 5.79. The lowest BCUT2D eigenvalue weighted by atomic mass is 9.94. The standard InChI is InChI=1S/C27H36N4O3/c32-25(29-14-6-3-4-7-15-29)20-12-17-30(18-13-20)26(33)21-10-11-22-23(19-21)28-24-9-5-1-2-8-16-31(24)27(22)34/h10-11,19-20H,1-9,12-18H2. The van der Waals surface area contributed by atoms with Crippen molar-refractivity contribution in [3.05, 3.63) is 39.9 Å². The van der Waals surface area contributed by atoms with Crippen molar-refractivity contribution in [2.75, 3.05) is 26.2 Å². The van der Waals surface area contributed by atoms with Crippen LogP contribution in [0.1, 0.15) is 80.4 Å². The third-order valence-corrected chi connectivity index (χ3v) is 7.86. The van der Waals surface area contributed by atoms with E-state index in [2.05, 4.69) is 0 Å². The molecule has 7 nitrogen and oxygen atoms in total. The van der Waals surface area contributed by atoms with Crippen LogP contribution < -0.4 is 5.56 Å². The Hall–Kier alpha value is -2.70. The average Bonchev–Trinajstić information content (AvgIpc) is 3.14. The van der Waals surface area contributed by atoms with Crippen molar-refractivity contribution in [1.82, 2.24) is 19.4 Å². The lowest BCUT2D eigenvalue weighted by molar-refractivity contribution is -0.136. The van der Waals surface area contributed by atoms with E-state index in [1.165, 1.54) is 19.3 Å². The van der Waals surface area contributed by atoms with E-state index in [0.29, 0.717) is 29.6 Å². The van der Waals surface area contributed by atoms with E-state index in [-0.39, 0.29) is 23.3 Å². The van der Waals surface area contributed by atoms with Crippen LogP contribution in [0.4, 0.5) is 0 Å². The summed E-state index contributed by atoms with van der Waals surface area (Å²) in [7, 11) is 0. The van der Waals surface area contributed by atoms with Crippen LogP contribution in [-0.2, 0) is 17.8 Å². The first-order valence-electron chi connectivity index (χ1n) is 13.2. The van der Waals surface area contributed by atoms with Gasteiger partial charge in [0.15, 0.2) is 0 Å². The monoisotopic (exact) mass is 464 g/mol. The predicted molar refractivity (Wildman–Crippen MR) is 132 cm³/mol. The van der Waals surface area contributed by atoms with Crippen LogP contribution in [0.3, 0.4) is 0 Å². The van der Waals surface area contributed by atoms with Gasteiger partial charge in [0, 0.05) is 50.6 Å². The maximum atomic E-state index is 13.3. The Morgan fingerprint density at radius 3 is 2.21 bits per heavy atom. The van der Waals surface area contributed by atoms with Gasteiger partial charge in [0.05, 0.1) is 10.9 Å². The highest BCUT2D eigenvalue weighted by atomic mass is 16.2. The number of benzene rings is 1. The number of hydrogen-bond acceptors (Lipinski definition) is 4. The number of fused-ring (bicyclic) bond motifs is 2. The minimum absolute atomic E-state index is 0.00809. The van der Waals surface area contributed by atoms with Gasteiger partial charge >= 0.3 is 0 Å². The predicted octanol–water partition coefficient (Wildman–Crippen LogP) is 3.77. The average molecular weight is 465 g/mol. The van der Waals surface area contributed by atoms with Crippen molar-refractivity contribution in [2.24, 2.45) is 5.92 Å². The second kappa shape index (κ2) is 10.3. The molecule has 5 rings (SSSR count). The van der Waals surface area contributed by atoms with Gasteiger partial charge < -0.3 is 9.80 Å². The molecule has 7 heteroatoms. The molecule has 2 aromatic rings. The molecule has 0 spiro atoms. The summed E-state index contributed by atoms with van der Waals surface area (Å²) in [4.78, 5) is 48.0. The SMILES string of the molecule is O=C(c1ccc2c(=O)n3c(nc2c1)CCCCCC3)N1CCC(C(=O)N2CCCCCC2)CC1. The van der Waals surface area contributed by atoms with Gasteiger partial charge in [0.1, 0.15) is 5.82 Å². The highest BCUT2D eigenvalue weighted by Crippen LogP contribution is 2.24. The first kappa shape index (κ1) is 23.1. The topological polar surface area (TPSA) is 75.5 Å². The van der Waals surface area contributed by atoms with E-state index in [1.54, 1.807) is 18.2 Å². The first-order valence-corrected chi connectivity index (χ1v) is 13.2. The molecule has 0 aliphatic carbocycles. The molecule has 0 N–H and O–H groups in total. The quantitative estimate of drug-likeness (QED) is 0.678. The molecule has 1 aromatic heterocycles. The van der Waals surface area contributed by atoms with Gasteiger partial charge in [-0.05, 0) is 56.7 Å². The molecule has 4 heterocycles. The van der Waals surface area contributed by atoms with Crippen LogP contribution in [-0.4, -0.2) is 57.3 Å². The third kappa shape index (κ3) is 4.75. The van der Waals surface area contributed by atoms with Gasteiger partial charge in [-0.1, -0.05) is 25.7 Å². The van der Waals surface area contributed by atoms with Crippen molar-refractivity contribution in [3.8, 4) is 0 Å². The second-order valence-electron chi connectivity index (χ2n) is 10.2. The molecule has 0 saturated carbocycles. The van der Waals surface area contributed by atoms with Gasteiger partial charge in [-0.2, -0.15) is 0 Å². The summed E-state index contributed by atoms with van der Waals surface area (Å²) in [5.41, 5.74) is 1.20. The Morgan fingerprint density at radius 1 is 0.794 bits per heavy atom. The number of aryl methyl sites for hydroxylation is 1. The Morgan fingerprint density at radius 2 is 1.47 bits per heavy atom. The molecular formula is C27H36N4O3. The second-order valence-corrected chi connectivity index (χ2v) is 10.2. The van der Waals surface area contributed by atoms with Gasteiger partial charge in [0.2, 0.25) is 5.91 Å². The van der Waals surface area contributed by atoms with Crippen LogP contribution in [0.25, 0.3) is 10.9 Å². The number of rotatable bonds is 2. The third-order valence-electron chi connectivity index (χ3n) is 7.86. The molecule has 3 aliphatic heterocycles. The first-order chi connectivity index (χ1) is 16.6. The highest BCUT2D eigenvalue weighted by Gasteiger charge is 2.31. The Kier molecular flexibility index (Phi) is 6.97. The molecule has 34 heavy (non-hydrogen) atoms. The van der Waals surface area contributed by atoms with E-state index in [0.717, 1.165) is 76.8 Å². The van der Waals surface area contributed by atoms with E-state index in [9.17, 15) is 14.4 Å². The molecule has 1 aromatic carbocycles. The van der Waals surface area contributed by atoms with Gasteiger partial charge in [-0.25, -0.2) is 4.98 Å². The van der Waals surface area contributed by atoms with E-state index >= 15 is 0 Å². The number of nitrogens with zero attached hydrogens (tertiary/aromatic N) is 4. The van der Waals surface area contributed by atoms with Crippen LogP contribution >= 0.6 is 0 Å². The Balaban J connectivity index is 1.28. The van der Waals surface area contributed by atoms with Crippen molar-refractivity contribution in [2.45, 2.75) is 77.2 Å². The Bertz CT molecular complexity index is 1110. The molecule has 0 bridgehead atoms. The lowest BCUT2D eigenvalue weighted by Crippen LogP contribution is -2.44. The molecule has 0 atom stereocenters. The highest BCUT2D eigenvalue weighted by molar-refractivity contribution is 5.97. The summed E-state index contributed by atoms with van der Waals surface area (Å²) in [6.45, 7) is 3.68. The minimum Gasteiger partial charge on any atom is -0.342 e. The molecule has 0 radical (unpaired) electrons. The van der Waals surface area contributed by atoms with E-state index < -0.39 is 0 Å². The molecule has 182 valence electrons. The number of hydrogen-bond donors (Lipinski definition) is 0. The number of carbonyl (C=O) groups excluding carboxylic acids is 2. The lowest BCUT2D eigenvalue weighted by Gasteiger charge is -2.34. The molecule has 2 amide bonds. The van der Waals surface area contributed by atoms with Gasteiger partial charge in [-0.15, -0.1) is 0 Å².